The summed E-state index contributed by atoms with van der Waals surface area (Å²) < 4.78 is 23.0. The van der Waals surface area contributed by atoms with E-state index in [0.29, 0.717) is 18.5 Å². The minimum atomic E-state index is -2.96. The normalized spacial score (nSPS) is 21.7. The molecule has 0 aliphatic carbocycles. The van der Waals surface area contributed by atoms with Crippen molar-refractivity contribution in [3.8, 4) is 0 Å². The van der Waals surface area contributed by atoms with Crippen molar-refractivity contribution in [2.24, 2.45) is 0 Å². The smallest absolute Gasteiger partial charge is 0.254 e. The molecule has 1 aliphatic rings. The summed E-state index contributed by atoms with van der Waals surface area (Å²) in [7, 11) is -2.96. The van der Waals surface area contributed by atoms with Gasteiger partial charge in [0.15, 0.2) is 9.84 Å². The summed E-state index contributed by atoms with van der Waals surface area (Å²) in [6, 6.07) is 8.82. The fraction of sp³-hybridized carbons (Fsp3) is 0.462. The van der Waals surface area contributed by atoms with Gasteiger partial charge in [-0.05, 0) is 25.5 Å². The maximum Gasteiger partial charge on any atom is 0.254 e. The van der Waals surface area contributed by atoms with Crippen molar-refractivity contribution < 1.29 is 13.2 Å². The maximum atomic E-state index is 12.3. The maximum absolute atomic E-state index is 12.3. The minimum absolute atomic E-state index is 0.0831. The first-order valence-corrected chi connectivity index (χ1v) is 7.92. The molecule has 0 unspecified atom stereocenters. The van der Waals surface area contributed by atoms with E-state index in [2.05, 4.69) is 0 Å². The van der Waals surface area contributed by atoms with Gasteiger partial charge in [-0.2, -0.15) is 0 Å². The van der Waals surface area contributed by atoms with Crippen molar-refractivity contribution in [1.29, 1.82) is 0 Å². The van der Waals surface area contributed by atoms with Gasteiger partial charge in [0.05, 0.1) is 11.5 Å². The second kappa shape index (κ2) is 5.10. The van der Waals surface area contributed by atoms with Crippen LogP contribution < -0.4 is 0 Å². The van der Waals surface area contributed by atoms with Crippen LogP contribution in [0.15, 0.2) is 30.3 Å². The van der Waals surface area contributed by atoms with Gasteiger partial charge in [-0.1, -0.05) is 18.2 Å². The highest BCUT2D eigenvalue weighted by Gasteiger charge is 2.34. The monoisotopic (exact) mass is 267 g/mol. The first kappa shape index (κ1) is 13.1. The standard InChI is InChI=1S/C13H17NO3S/c1-2-14(12-8-9-18(16,17)10-12)13(15)11-6-4-3-5-7-11/h3-7,12H,2,8-10H2,1H3/t12-/m1/s1. The molecule has 0 radical (unpaired) electrons. The van der Waals surface area contributed by atoms with Gasteiger partial charge in [-0.3, -0.25) is 4.79 Å². The number of hydrogen-bond acceptors (Lipinski definition) is 3. The van der Waals surface area contributed by atoms with Crippen LogP contribution in [0.4, 0.5) is 0 Å². The number of rotatable bonds is 3. The highest BCUT2D eigenvalue weighted by molar-refractivity contribution is 7.91. The topological polar surface area (TPSA) is 54.5 Å². The first-order chi connectivity index (χ1) is 8.53. The molecule has 98 valence electrons. The van der Waals surface area contributed by atoms with Gasteiger partial charge in [-0.15, -0.1) is 0 Å². The van der Waals surface area contributed by atoms with Gasteiger partial charge < -0.3 is 4.90 Å². The Hall–Kier alpha value is -1.36. The highest BCUT2D eigenvalue weighted by atomic mass is 32.2. The van der Waals surface area contributed by atoms with Crippen LogP contribution in [0, 0.1) is 0 Å². The molecule has 4 nitrogen and oxygen atoms in total. The van der Waals surface area contributed by atoms with E-state index in [9.17, 15) is 13.2 Å². The van der Waals surface area contributed by atoms with Gasteiger partial charge in [0.2, 0.25) is 0 Å². The molecule has 0 N–H and O–H groups in total. The lowest BCUT2D eigenvalue weighted by molar-refractivity contribution is 0.0708. The third kappa shape index (κ3) is 2.72. The summed E-state index contributed by atoms with van der Waals surface area (Å²) >= 11 is 0. The zero-order valence-electron chi connectivity index (χ0n) is 10.4. The molecule has 1 aromatic rings. The number of benzene rings is 1. The van der Waals surface area contributed by atoms with Crippen molar-refractivity contribution in [3.63, 3.8) is 0 Å². The second-order valence-electron chi connectivity index (χ2n) is 4.51. The van der Waals surface area contributed by atoms with Crippen molar-refractivity contribution >= 4 is 15.7 Å². The molecule has 0 spiro atoms. The lowest BCUT2D eigenvalue weighted by atomic mass is 10.1. The Balaban J connectivity index is 2.17. The summed E-state index contributed by atoms with van der Waals surface area (Å²) in [5.74, 6) is 0.204. The third-order valence-corrected chi connectivity index (χ3v) is 5.02. The Morgan fingerprint density at radius 3 is 2.50 bits per heavy atom. The lowest BCUT2D eigenvalue weighted by Crippen LogP contribution is -2.40. The van der Waals surface area contributed by atoms with Crippen LogP contribution in [0.1, 0.15) is 23.7 Å². The van der Waals surface area contributed by atoms with E-state index in [4.69, 9.17) is 0 Å². The van der Waals surface area contributed by atoms with Gasteiger partial charge >= 0.3 is 0 Å². The van der Waals surface area contributed by atoms with E-state index in [1.165, 1.54) is 0 Å². The van der Waals surface area contributed by atoms with E-state index in [1.807, 2.05) is 25.1 Å². The van der Waals surface area contributed by atoms with E-state index < -0.39 is 9.84 Å². The number of sulfone groups is 1. The minimum Gasteiger partial charge on any atom is -0.335 e. The van der Waals surface area contributed by atoms with E-state index in [0.717, 1.165) is 0 Å². The van der Waals surface area contributed by atoms with Crippen LogP contribution in [-0.2, 0) is 9.84 Å². The lowest BCUT2D eigenvalue weighted by Gasteiger charge is -2.26. The van der Waals surface area contributed by atoms with Gasteiger partial charge in [-0.25, -0.2) is 8.42 Å². The quantitative estimate of drug-likeness (QED) is 0.830. The fourth-order valence-electron chi connectivity index (χ4n) is 2.34. The Morgan fingerprint density at radius 1 is 1.33 bits per heavy atom. The summed E-state index contributed by atoms with van der Waals surface area (Å²) in [4.78, 5) is 14.0. The molecule has 1 fully saturated rings. The van der Waals surface area contributed by atoms with Gasteiger partial charge in [0, 0.05) is 18.2 Å². The zero-order chi connectivity index (χ0) is 13.2. The number of amides is 1. The predicted molar refractivity (Wildman–Crippen MR) is 70.2 cm³/mol. The molecule has 1 heterocycles. The van der Waals surface area contributed by atoms with Crippen molar-refractivity contribution in [1.82, 2.24) is 4.90 Å². The van der Waals surface area contributed by atoms with Crippen LogP contribution >= 0.6 is 0 Å². The van der Waals surface area contributed by atoms with Crippen LogP contribution in [0.2, 0.25) is 0 Å². The van der Waals surface area contributed by atoms with Gasteiger partial charge in [0.25, 0.3) is 5.91 Å². The van der Waals surface area contributed by atoms with Crippen LogP contribution in [0.5, 0.6) is 0 Å². The predicted octanol–water partition coefficient (Wildman–Crippen LogP) is 1.34. The zero-order valence-corrected chi connectivity index (χ0v) is 11.2. The molecular weight excluding hydrogens is 250 g/mol. The summed E-state index contributed by atoms with van der Waals surface area (Å²) in [6.07, 6.45) is 0.550. The molecular formula is C13H17NO3S. The largest absolute Gasteiger partial charge is 0.335 e. The second-order valence-corrected chi connectivity index (χ2v) is 6.74. The van der Waals surface area contributed by atoms with Gasteiger partial charge in [0.1, 0.15) is 0 Å². The summed E-state index contributed by atoms with van der Waals surface area (Å²) in [5.41, 5.74) is 0.614. The molecule has 0 aromatic heterocycles. The number of hydrogen-bond donors (Lipinski definition) is 0. The number of carbonyl (C=O) groups is 1. The van der Waals surface area contributed by atoms with Crippen molar-refractivity contribution in [2.45, 2.75) is 19.4 Å². The first-order valence-electron chi connectivity index (χ1n) is 6.10. The Morgan fingerprint density at radius 2 is 2.00 bits per heavy atom. The molecule has 1 aromatic carbocycles. The molecule has 2 rings (SSSR count). The average molecular weight is 267 g/mol. The van der Waals surface area contributed by atoms with E-state index in [-0.39, 0.29) is 23.5 Å². The van der Waals surface area contributed by atoms with Crippen molar-refractivity contribution in [3.05, 3.63) is 35.9 Å². The molecule has 1 atom stereocenters. The highest BCUT2D eigenvalue weighted by Crippen LogP contribution is 2.19. The number of carbonyl (C=O) groups excluding carboxylic acids is 1. The van der Waals surface area contributed by atoms with Crippen LogP contribution in [0.25, 0.3) is 0 Å². The molecule has 1 saturated heterocycles. The summed E-state index contributed by atoms with van der Waals surface area (Å²) in [5, 5.41) is 0. The summed E-state index contributed by atoms with van der Waals surface area (Å²) in [6.45, 7) is 2.42. The SMILES string of the molecule is CCN(C(=O)c1ccccc1)[C@@H]1CCS(=O)(=O)C1. The molecule has 1 amide bonds. The Labute approximate surface area is 108 Å². The number of nitrogens with zero attached hydrogens (tertiary/aromatic N) is 1. The van der Waals surface area contributed by atoms with E-state index >= 15 is 0 Å². The van der Waals surface area contributed by atoms with Crippen molar-refractivity contribution in [2.75, 3.05) is 18.1 Å². The van der Waals surface area contributed by atoms with E-state index in [1.54, 1.807) is 17.0 Å². The Bertz CT molecular complexity index is 524. The third-order valence-electron chi connectivity index (χ3n) is 3.27. The molecule has 1 aliphatic heterocycles. The fourth-order valence-corrected chi connectivity index (χ4v) is 4.07. The molecule has 5 heteroatoms. The average Bonchev–Trinajstić information content (AvgIpc) is 2.71. The van der Waals surface area contributed by atoms with Crippen LogP contribution in [0.3, 0.4) is 0 Å². The van der Waals surface area contributed by atoms with Crippen LogP contribution in [-0.4, -0.2) is 43.3 Å². The Kier molecular flexibility index (Phi) is 3.71. The molecule has 0 bridgehead atoms. The molecule has 0 saturated carbocycles. The molecule has 18 heavy (non-hydrogen) atoms.